The molecule has 0 saturated heterocycles. The van der Waals surface area contributed by atoms with Crippen LogP contribution in [0.4, 0.5) is 13.2 Å². The van der Waals surface area contributed by atoms with E-state index in [1.54, 1.807) is 6.07 Å². The summed E-state index contributed by atoms with van der Waals surface area (Å²) < 4.78 is 44.1. The molecule has 6 nitrogen and oxygen atoms in total. The third-order valence-electron chi connectivity index (χ3n) is 4.34. The van der Waals surface area contributed by atoms with Crippen molar-refractivity contribution in [2.45, 2.75) is 43.8 Å². The van der Waals surface area contributed by atoms with Crippen molar-refractivity contribution in [1.82, 2.24) is 15.4 Å². The van der Waals surface area contributed by atoms with Gasteiger partial charge in [0.25, 0.3) is 0 Å². The number of carbonyl (C=O) groups is 1. The van der Waals surface area contributed by atoms with E-state index in [0.717, 1.165) is 23.4 Å². The molecule has 0 unspecified atom stereocenters. The Kier molecular flexibility index (Phi) is 7.34. The zero-order valence-corrected chi connectivity index (χ0v) is 18.4. The minimum Gasteiger partial charge on any atom is -0.455 e. The van der Waals surface area contributed by atoms with Crippen molar-refractivity contribution in [3.05, 3.63) is 76.5 Å². The summed E-state index contributed by atoms with van der Waals surface area (Å²) >= 11 is 0.984. The number of hydrazone groups is 1. The van der Waals surface area contributed by atoms with Gasteiger partial charge in [-0.1, -0.05) is 49.9 Å². The summed E-state index contributed by atoms with van der Waals surface area (Å²) in [4.78, 5) is 19.7. The number of nitrogens with one attached hydrogen (secondary N) is 1. The molecule has 0 radical (unpaired) electrons. The number of halogens is 3. The molecular weight excluding hydrogens is 441 g/mol. The van der Waals surface area contributed by atoms with Crippen molar-refractivity contribution in [3.8, 4) is 0 Å². The van der Waals surface area contributed by atoms with Crippen molar-refractivity contribution in [3.63, 3.8) is 0 Å². The van der Waals surface area contributed by atoms with E-state index in [9.17, 15) is 18.0 Å². The van der Waals surface area contributed by atoms with Gasteiger partial charge in [0.05, 0.1) is 12.0 Å². The standard InChI is InChI=1S/C22H21F3N4O2S/c1-13(2)16-6-4-15(5-7-16)11-26-29-20(30)18-9-8-17(31-18)12-32-21-27-14(3)10-19(28-21)22(23,24)25/h4-11,13H,12H2,1-3H3,(H,29,30)/b26-11-. The third kappa shape index (κ3) is 6.43. The van der Waals surface area contributed by atoms with Crippen LogP contribution < -0.4 is 5.43 Å². The summed E-state index contributed by atoms with van der Waals surface area (Å²) in [6.07, 6.45) is -3.02. The van der Waals surface area contributed by atoms with E-state index in [0.29, 0.717) is 11.7 Å². The van der Waals surface area contributed by atoms with Crippen LogP contribution in [0.1, 0.15) is 58.6 Å². The highest BCUT2D eigenvalue weighted by Gasteiger charge is 2.33. The topological polar surface area (TPSA) is 80.4 Å². The van der Waals surface area contributed by atoms with Crippen LogP contribution in [0.25, 0.3) is 0 Å². The Morgan fingerprint density at radius 1 is 1.19 bits per heavy atom. The summed E-state index contributed by atoms with van der Waals surface area (Å²) in [6, 6.07) is 11.7. The van der Waals surface area contributed by atoms with Gasteiger partial charge >= 0.3 is 12.1 Å². The van der Waals surface area contributed by atoms with E-state index in [1.807, 2.05) is 24.3 Å². The van der Waals surface area contributed by atoms with Crippen LogP contribution in [-0.4, -0.2) is 22.1 Å². The Morgan fingerprint density at radius 2 is 1.91 bits per heavy atom. The SMILES string of the molecule is Cc1cc(C(F)(F)F)nc(SCc2ccc(C(=O)N/N=C\c3ccc(C(C)C)cc3)o2)n1. The summed E-state index contributed by atoms with van der Waals surface area (Å²) in [7, 11) is 0. The number of hydrogen-bond donors (Lipinski definition) is 1. The Bertz CT molecular complexity index is 1110. The summed E-state index contributed by atoms with van der Waals surface area (Å²) in [5.74, 6) is 0.485. The van der Waals surface area contributed by atoms with Crippen LogP contribution in [0.3, 0.4) is 0 Å². The number of aromatic nitrogens is 2. The molecule has 2 heterocycles. The van der Waals surface area contributed by atoms with Crippen LogP contribution in [-0.2, 0) is 11.9 Å². The smallest absolute Gasteiger partial charge is 0.433 e. The molecule has 0 aliphatic rings. The fraction of sp³-hybridized carbons (Fsp3) is 0.273. The normalized spacial score (nSPS) is 12.0. The van der Waals surface area contributed by atoms with Gasteiger partial charge in [0.1, 0.15) is 11.5 Å². The Labute approximate surface area is 187 Å². The molecule has 10 heteroatoms. The highest BCUT2D eigenvalue weighted by atomic mass is 32.2. The van der Waals surface area contributed by atoms with Crippen LogP contribution in [0.5, 0.6) is 0 Å². The van der Waals surface area contributed by atoms with Crippen LogP contribution in [0.2, 0.25) is 0 Å². The molecule has 32 heavy (non-hydrogen) atoms. The van der Waals surface area contributed by atoms with Crippen molar-refractivity contribution in [2.75, 3.05) is 0 Å². The zero-order chi connectivity index (χ0) is 23.3. The van der Waals surface area contributed by atoms with Crippen LogP contribution in [0, 0.1) is 6.92 Å². The molecule has 1 aromatic carbocycles. The van der Waals surface area contributed by atoms with Gasteiger partial charge in [-0.05, 0) is 42.2 Å². The Morgan fingerprint density at radius 3 is 2.56 bits per heavy atom. The van der Waals surface area contributed by atoms with E-state index < -0.39 is 17.8 Å². The predicted octanol–water partition coefficient (Wildman–Crippen LogP) is 5.58. The molecule has 3 aromatic rings. The molecule has 0 saturated carbocycles. The van der Waals surface area contributed by atoms with Gasteiger partial charge in [-0.3, -0.25) is 4.79 Å². The number of rotatable bonds is 7. The second kappa shape index (κ2) is 9.99. The lowest BCUT2D eigenvalue weighted by Gasteiger charge is -2.08. The molecule has 0 fully saturated rings. The van der Waals surface area contributed by atoms with Crippen molar-refractivity contribution in [1.29, 1.82) is 0 Å². The van der Waals surface area contributed by atoms with Gasteiger partial charge in [-0.15, -0.1) is 0 Å². The lowest BCUT2D eigenvalue weighted by atomic mass is 10.0. The van der Waals surface area contributed by atoms with Crippen LogP contribution >= 0.6 is 11.8 Å². The maximum atomic E-state index is 12.9. The zero-order valence-electron chi connectivity index (χ0n) is 17.6. The minimum absolute atomic E-state index is 0.0205. The van der Waals surface area contributed by atoms with Gasteiger partial charge in [0.15, 0.2) is 10.9 Å². The second-order valence-corrected chi connectivity index (χ2v) is 8.19. The van der Waals surface area contributed by atoms with Crippen LogP contribution in [0.15, 0.2) is 57.1 Å². The maximum absolute atomic E-state index is 12.9. The average molecular weight is 462 g/mol. The molecular formula is C22H21F3N4O2S. The third-order valence-corrected chi connectivity index (χ3v) is 5.21. The lowest BCUT2D eigenvalue weighted by Crippen LogP contribution is -2.16. The second-order valence-electron chi connectivity index (χ2n) is 7.25. The first-order chi connectivity index (χ1) is 15.1. The number of furan rings is 1. The largest absolute Gasteiger partial charge is 0.455 e. The number of amides is 1. The van der Waals surface area contributed by atoms with Gasteiger partial charge in [0, 0.05) is 5.69 Å². The van der Waals surface area contributed by atoms with E-state index in [2.05, 4.69) is 34.3 Å². The Balaban J connectivity index is 1.56. The molecule has 2 aromatic heterocycles. The molecule has 0 aliphatic carbocycles. The Hall–Kier alpha value is -3.14. The highest BCUT2D eigenvalue weighted by Crippen LogP contribution is 2.30. The molecule has 0 spiro atoms. The summed E-state index contributed by atoms with van der Waals surface area (Å²) in [5, 5.41) is 3.90. The highest BCUT2D eigenvalue weighted by molar-refractivity contribution is 7.98. The fourth-order valence-corrected chi connectivity index (χ4v) is 3.45. The number of hydrogen-bond acceptors (Lipinski definition) is 6. The monoisotopic (exact) mass is 462 g/mol. The molecule has 0 bridgehead atoms. The van der Waals surface area contributed by atoms with Gasteiger partial charge in [0.2, 0.25) is 0 Å². The molecule has 0 aliphatic heterocycles. The van der Waals surface area contributed by atoms with Crippen molar-refractivity contribution in [2.24, 2.45) is 5.10 Å². The first-order valence-electron chi connectivity index (χ1n) is 9.69. The van der Waals surface area contributed by atoms with E-state index in [-0.39, 0.29) is 22.4 Å². The van der Waals surface area contributed by atoms with Gasteiger partial charge in [-0.25, -0.2) is 15.4 Å². The van der Waals surface area contributed by atoms with E-state index in [4.69, 9.17) is 4.42 Å². The number of alkyl halides is 3. The number of aryl methyl sites for hydroxylation is 1. The molecule has 1 N–H and O–H groups in total. The summed E-state index contributed by atoms with van der Waals surface area (Å²) in [5.41, 5.74) is 3.64. The maximum Gasteiger partial charge on any atom is 0.433 e. The van der Waals surface area contributed by atoms with E-state index in [1.165, 1.54) is 24.8 Å². The van der Waals surface area contributed by atoms with Crippen molar-refractivity contribution >= 4 is 23.9 Å². The molecule has 0 atom stereocenters. The number of nitrogens with zero attached hydrogens (tertiary/aromatic N) is 3. The molecule has 1 amide bonds. The predicted molar refractivity (Wildman–Crippen MR) is 116 cm³/mol. The minimum atomic E-state index is -4.55. The number of carbonyl (C=O) groups excluding carboxylic acids is 1. The average Bonchev–Trinajstić information content (AvgIpc) is 3.21. The first-order valence-corrected chi connectivity index (χ1v) is 10.7. The quantitative estimate of drug-likeness (QED) is 0.215. The van der Waals surface area contributed by atoms with Gasteiger partial charge < -0.3 is 4.42 Å². The van der Waals surface area contributed by atoms with Crippen molar-refractivity contribution < 1.29 is 22.4 Å². The first kappa shape index (κ1) is 23.5. The van der Waals surface area contributed by atoms with Gasteiger partial charge in [-0.2, -0.15) is 18.3 Å². The molecule has 168 valence electrons. The fourth-order valence-electron chi connectivity index (χ4n) is 2.65. The lowest BCUT2D eigenvalue weighted by molar-refractivity contribution is -0.141. The summed E-state index contributed by atoms with van der Waals surface area (Å²) in [6.45, 7) is 5.68. The van der Waals surface area contributed by atoms with E-state index >= 15 is 0 Å². The molecule has 3 rings (SSSR count). The number of benzene rings is 1. The number of thioether (sulfide) groups is 1.